The average molecular weight is 338 g/mol. The Balaban J connectivity index is 1.44. The molecule has 132 valence electrons. The normalized spacial score (nSPS) is 13.7. The van der Waals surface area contributed by atoms with E-state index < -0.39 is 0 Å². The van der Waals surface area contributed by atoms with Gasteiger partial charge in [0.2, 0.25) is 0 Å². The molecule has 0 aromatic heterocycles. The standard InChI is InChI=1S/C21H26N2O2/c1-25-20-9-3-2-8-19(20)21(24)22-14-6-7-17-10-12-18(13-11-17)23-15-4-5-16-23/h2-3,8-13H,4-7,14-16H2,1H3,(H,22,24). The van der Waals surface area contributed by atoms with Gasteiger partial charge < -0.3 is 15.0 Å². The lowest BCUT2D eigenvalue weighted by Gasteiger charge is -2.17. The minimum atomic E-state index is -0.0816. The molecule has 0 atom stereocenters. The highest BCUT2D eigenvalue weighted by atomic mass is 16.5. The largest absolute Gasteiger partial charge is 0.496 e. The lowest BCUT2D eigenvalue weighted by molar-refractivity contribution is 0.0950. The molecule has 4 heteroatoms. The molecule has 1 amide bonds. The SMILES string of the molecule is COc1ccccc1C(=O)NCCCc1ccc(N2CCCC2)cc1. The van der Waals surface area contributed by atoms with Crippen LogP contribution in [-0.2, 0) is 6.42 Å². The van der Waals surface area contributed by atoms with Gasteiger partial charge in [0.1, 0.15) is 5.75 Å². The first-order valence-electron chi connectivity index (χ1n) is 9.03. The Kier molecular flexibility index (Phi) is 5.94. The fraction of sp³-hybridized carbons (Fsp3) is 0.381. The molecule has 2 aromatic rings. The number of ether oxygens (including phenoxy) is 1. The Labute approximate surface area is 149 Å². The number of carbonyl (C=O) groups is 1. The fourth-order valence-electron chi connectivity index (χ4n) is 3.27. The maximum absolute atomic E-state index is 12.2. The Bertz CT molecular complexity index is 691. The van der Waals surface area contributed by atoms with Crippen molar-refractivity contribution in [2.75, 3.05) is 31.6 Å². The minimum absolute atomic E-state index is 0.0816. The molecule has 0 aliphatic carbocycles. The number of nitrogens with one attached hydrogen (secondary N) is 1. The van der Waals surface area contributed by atoms with E-state index in [9.17, 15) is 4.79 Å². The van der Waals surface area contributed by atoms with Crippen molar-refractivity contribution in [3.63, 3.8) is 0 Å². The van der Waals surface area contributed by atoms with Crippen molar-refractivity contribution in [3.8, 4) is 5.75 Å². The predicted octanol–water partition coefficient (Wildman–Crippen LogP) is 3.66. The van der Waals surface area contributed by atoms with Crippen molar-refractivity contribution in [1.82, 2.24) is 5.32 Å². The molecule has 0 spiro atoms. The van der Waals surface area contributed by atoms with Crippen molar-refractivity contribution < 1.29 is 9.53 Å². The highest BCUT2D eigenvalue weighted by molar-refractivity contribution is 5.96. The van der Waals surface area contributed by atoms with E-state index in [1.54, 1.807) is 19.2 Å². The number of aryl methyl sites for hydroxylation is 1. The molecule has 0 unspecified atom stereocenters. The summed E-state index contributed by atoms with van der Waals surface area (Å²) in [6.45, 7) is 3.01. The number of para-hydroxylation sites is 1. The zero-order chi connectivity index (χ0) is 17.5. The Morgan fingerprint density at radius 3 is 2.52 bits per heavy atom. The number of hydrogen-bond donors (Lipinski definition) is 1. The van der Waals surface area contributed by atoms with Crippen LogP contribution in [0.15, 0.2) is 48.5 Å². The number of carbonyl (C=O) groups excluding carboxylic acids is 1. The number of amides is 1. The molecule has 2 aromatic carbocycles. The second-order valence-electron chi connectivity index (χ2n) is 6.42. The number of benzene rings is 2. The van der Waals surface area contributed by atoms with E-state index in [4.69, 9.17) is 4.74 Å². The zero-order valence-electron chi connectivity index (χ0n) is 14.8. The average Bonchev–Trinajstić information content (AvgIpc) is 3.20. The Morgan fingerprint density at radius 1 is 1.08 bits per heavy atom. The molecular weight excluding hydrogens is 312 g/mol. The van der Waals surface area contributed by atoms with Gasteiger partial charge in [-0.3, -0.25) is 4.79 Å². The van der Waals surface area contributed by atoms with Gasteiger partial charge in [-0.2, -0.15) is 0 Å². The quantitative estimate of drug-likeness (QED) is 0.784. The van der Waals surface area contributed by atoms with Crippen molar-refractivity contribution >= 4 is 11.6 Å². The molecule has 25 heavy (non-hydrogen) atoms. The summed E-state index contributed by atoms with van der Waals surface area (Å²) in [6.07, 6.45) is 4.48. The lowest BCUT2D eigenvalue weighted by Crippen LogP contribution is -2.25. The molecule has 1 aliphatic heterocycles. The molecule has 1 aliphatic rings. The third kappa shape index (κ3) is 4.53. The molecule has 1 saturated heterocycles. The molecule has 4 nitrogen and oxygen atoms in total. The van der Waals surface area contributed by atoms with Crippen molar-refractivity contribution in [2.24, 2.45) is 0 Å². The molecule has 0 bridgehead atoms. The maximum Gasteiger partial charge on any atom is 0.255 e. The highest BCUT2D eigenvalue weighted by Gasteiger charge is 2.12. The zero-order valence-corrected chi connectivity index (χ0v) is 14.8. The summed E-state index contributed by atoms with van der Waals surface area (Å²) in [5.74, 6) is 0.527. The van der Waals surface area contributed by atoms with Crippen LogP contribution in [0.3, 0.4) is 0 Å². The van der Waals surface area contributed by atoms with Gasteiger partial charge >= 0.3 is 0 Å². The van der Waals surface area contributed by atoms with E-state index in [1.807, 2.05) is 12.1 Å². The molecule has 1 heterocycles. The first-order chi connectivity index (χ1) is 12.3. The second-order valence-corrected chi connectivity index (χ2v) is 6.42. The van der Waals surface area contributed by atoms with Crippen molar-refractivity contribution in [3.05, 3.63) is 59.7 Å². The summed E-state index contributed by atoms with van der Waals surface area (Å²) >= 11 is 0. The molecule has 1 fully saturated rings. The van der Waals surface area contributed by atoms with E-state index in [1.165, 1.54) is 37.2 Å². The third-order valence-corrected chi connectivity index (χ3v) is 4.69. The number of methoxy groups -OCH3 is 1. The van der Waals surface area contributed by atoms with E-state index >= 15 is 0 Å². The minimum Gasteiger partial charge on any atom is -0.496 e. The van der Waals surface area contributed by atoms with Gasteiger partial charge in [-0.25, -0.2) is 0 Å². The van der Waals surface area contributed by atoms with Gasteiger partial charge in [-0.05, 0) is 55.5 Å². The van der Waals surface area contributed by atoms with Crippen LogP contribution in [0.1, 0.15) is 35.2 Å². The van der Waals surface area contributed by atoms with E-state index in [-0.39, 0.29) is 5.91 Å². The molecule has 0 radical (unpaired) electrons. The summed E-state index contributed by atoms with van der Waals surface area (Å²) in [7, 11) is 1.58. The van der Waals surface area contributed by atoms with Gasteiger partial charge in [0.15, 0.2) is 0 Å². The van der Waals surface area contributed by atoms with Crippen molar-refractivity contribution in [2.45, 2.75) is 25.7 Å². The molecule has 3 rings (SSSR count). The smallest absolute Gasteiger partial charge is 0.255 e. The van der Waals surface area contributed by atoms with Crippen LogP contribution in [0, 0.1) is 0 Å². The second kappa shape index (κ2) is 8.56. The van der Waals surface area contributed by atoms with Crippen molar-refractivity contribution in [1.29, 1.82) is 0 Å². The van der Waals surface area contributed by atoms with Crippen LogP contribution in [0.4, 0.5) is 5.69 Å². The summed E-state index contributed by atoms with van der Waals surface area (Å²) in [5.41, 5.74) is 3.22. The first kappa shape index (κ1) is 17.3. The number of hydrogen-bond acceptors (Lipinski definition) is 3. The topological polar surface area (TPSA) is 41.6 Å². The monoisotopic (exact) mass is 338 g/mol. The fourth-order valence-corrected chi connectivity index (χ4v) is 3.27. The Morgan fingerprint density at radius 2 is 1.80 bits per heavy atom. The number of rotatable bonds is 7. The summed E-state index contributed by atoms with van der Waals surface area (Å²) in [6, 6.07) is 16.1. The van der Waals surface area contributed by atoms with E-state index in [0.29, 0.717) is 17.9 Å². The van der Waals surface area contributed by atoms with Gasteiger partial charge in [0, 0.05) is 25.3 Å². The van der Waals surface area contributed by atoms with Gasteiger partial charge in [0.25, 0.3) is 5.91 Å². The van der Waals surface area contributed by atoms with Crippen LogP contribution >= 0.6 is 0 Å². The molecule has 0 saturated carbocycles. The maximum atomic E-state index is 12.2. The van der Waals surface area contributed by atoms with Crippen LogP contribution in [0.2, 0.25) is 0 Å². The van der Waals surface area contributed by atoms with Gasteiger partial charge in [0.05, 0.1) is 12.7 Å². The first-order valence-corrected chi connectivity index (χ1v) is 9.03. The molecule has 1 N–H and O–H groups in total. The third-order valence-electron chi connectivity index (χ3n) is 4.69. The highest BCUT2D eigenvalue weighted by Crippen LogP contribution is 2.21. The van der Waals surface area contributed by atoms with Crippen LogP contribution in [-0.4, -0.2) is 32.7 Å². The van der Waals surface area contributed by atoms with E-state index in [0.717, 1.165) is 12.8 Å². The predicted molar refractivity (Wildman–Crippen MR) is 102 cm³/mol. The van der Waals surface area contributed by atoms with E-state index in [2.05, 4.69) is 34.5 Å². The van der Waals surface area contributed by atoms with Gasteiger partial charge in [-0.1, -0.05) is 24.3 Å². The summed E-state index contributed by atoms with van der Waals surface area (Å²) in [4.78, 5) is 14.7. The van der Waals surface area contributed by atoms with Crippen LogP contribution < -0.4 is 15.0 Å². The van der Waals surface area contributed by atoms with Crippen LogP contribution in [0.5, 0.6) is 5.75 Å². The number of nitrogens with zero attached hydrogens (tertiary/aromatic N) is 1. The van der Waals surface area contributed by atoms with Crippen LogP contribution in [0.25, 0.3) is 0 Å². The van der Waals surface area contributed by atoms with Gasteiger partial charge in [-0.15, -0.1) is 0 Å². The molecular formula is C21H26N2O2. The summed E-state index contributed by atoms with van der Waals surface area (Å²) in [5, 5.41) is 2.97. The summed E-state index contributed by atoms with van der Waals surface area (Å²) < 4.78 is 5.23. The number of anilines is 1. The lowest BCUT2D eigenvalue weighted by atomic mass is 10.1. The Hall–Kier alpha value is -2.49.